The number of hydrogen-bond donors (Lipinski definition) is 3. The molecule has 5 nitrogen and oxygen atoms in total. The Morgan fingerprint density at radius 1 is 1.23 bits per heavy atom. The van der Waals surface area contributed by atoms with E-state index in [2.05, 4.69) is 33.7 Å². The number of nitrogens with zero attached hydrogens (tertiary/aromatic N) is 1. The van der Waals surface area contributed by atoms with Gasteiger partial charge in [-0.15, -0.1) is 24.8 Å². The lowest BCUT2D eigenvalue weighted by Gasteiger charge is -2.32. The highest BCUT2D eigenvalue weighted by atomic mass is 35.5. The Labute approximate surface area is 168 Å². The van der Waals surface area contributed by atoms with Gasteiger partial charge in [-0.2, -0.15) is 0 Å². The Morgan fingerprint density at radius 3 is 2.42 bits per heavy atom. The van der Waals surface area contributed by atoms with Crippen molar-refractivity contribution in [1.82, 2.24) is 15.5 Å². The van der Waals surface area contributed by atoms with Crippen molar-refractivity contribution in [2.75, 3.05) is 26.2 Å². The SMILES string of the molecule is CC(C(=O)NCc1ccccc1CN1CCC(O)CC1)C1CNC1.Cl.Cl. The minimum atomic E-state index is -0.140. The Hall–Kier alpha value is -0.850. The van der Waals surface area contributed by atoms with E-state index in [1.54, 1.807) is 0 Å². The fraction of sp³-hybridized carbons (Fsp3) is 0.632. The number of hydrogen-bond acceptors (Lipinski definition) is 4. The lowest BCUT2D eigenvalue weighted by atomic mass is 9.88. The average molecular weight is 404 g/mol. The number of likely N-dealkylation sites (tertiary alicyclic amines) is 1. The van der Waals surface area contributed by atoms with E-state index in [-0.39, 0.29) is 42.7 Å². The zero-order chi connectivity index (χ0) is 16.9. The second-order valence-corrected chi connectivity index (χ2v) is 7.20. The van der Waals surface area contributed by atoms with E-state index < -0.39 is 0 Å². The number of halogens is 2. The molecule has 1 aromatic carbocycles. The summed E-state index contributed by atoms with van der Waals surface area (Å²) < 4.78 is 0. The number of carbonyl (C=O) groups is 1. The maximum atomic E-state index is 12.3. The molecule has 1 atom stereocenters. The van der Waals surface area contributed by atoms with E-state index in [0.29, 0.717) is 12.5 Å². The van der Waals surface area contributed by atoms with Crippen LogP contribution >= 0.6 is 24.8 Å². The molecular formula is C19H31Cl2N3O2. The molecule has 1 amide bonds. The molecule has 1 aromatic rings. The number of amides is 1. The van der Waals surface area contributed by atoms with E-state index in [4.69, 9.17) is 0 Å². The lowest BCUT2D eigenvalue weighted by molar-refractivity contribution is -0.126. The maximum absolute atomic E-state index is 12.3. The van der Waals surface area contributed by atoms with Gasteiger partial charge in [0.15, 0.2) is 0 Å². The topological polar surface area (TPSA) is 64.6 Å². The maximum Gasteiger partial charge on any atom is 0.223 e. The van der Waals surface area contributed by atoms with Crippen LogP contribution in [0, 0.1) is 11.8 Å². The second-order valence-electron chi connectivity index (χ2n) is 7.20. The van der Waals surface area contributed by atoms with E-state index in [1.807, 2.05) is 13.0 Å². The Kier molecular flexibility index (Phi) is 9.90. The summed E-state index contributed by atoms with van der Waals surface area (Å²) in [5.74, 6) is 0.694. The fourth-order valence-electron chi connectivity index (χ4n) is 3.42. The summed E-state index contributed by atoms with van der Waals surface area (Å²) in [7, 11) is 0. The third-order valence-corrected chi connectivity index (χ3v) is 5.46. The van der Waals surface area contributed by atoms with Crippen LogP contribution in [0.15, 0.2) is 24.3 Å². The monoisotopic (exact) mass is 403 g/mol. The van der Waals surface area contributed by atoms with Crippen LogP contribution < -0.4 is 10.6 Å². The van der Waals surface area contributed by atoms with E-state index in [9.17, 15) is 9.90 Å². The highest BCUT2D eigenvalue weighted by Gasteiger charge is 2.28. The molecule has 2 heterocycles. The predicted octanol–water partition coefficient (Wildman–Crippen LogP) is 1.96. The van der Waals surface area contributed by atoms with Gasteiger partial charge in [-0.1, -0.05) is 31.2 Å². The first-order valence-corrected chi connectivity index (χ1v) is 9.09. The third-order valence-electron chi connectivity index (χ3n) is 5.46. The van der Waals surface area contributed by atoms with Crippen LogP contribution in [-0.2, 0) is 17.9 Å². The molecular weight excluding hydrogens is 373 g/mol. The molecule has 26 heavy (non-hydrogen) atoms. The largest absolute Gasteiger partial charge is 0.393 e. The second kappa shape index (κ2) is 11.1. The van der Waals surface area contributed by atoms with Gasteiger partial charge in [-0.25, -0.2) is 0 Å². The van der Waals surface area contributed by atoms with Crippen molar-refractivity contribution >= 4 is 30.7 Å². The van der Waals surface area contributed by atoms with Crippen LogP contribution in [0.2, 0.25) is 0 Å². The molecule has 2 aliphatic heterocycles. The number of aliphatic hydroxyl groups excluding tert-OH is 1. The average Bonchev–Trinajstić information content (AvgIpc) is 2.54. The number of aliphatic hydroxyl groups is 1. The fourth-order valence-corrected chi connectivity index (χ4v) is 3.42. The Morgan fingerprint density at radius 2 is 1.85 bits per heavy atom. The van der Waals surface area contributed by atoms with Gasteiger partial charge in [-0.3, -0.25) is 9.69 Å². The third kappa shape index (κ3) is 6.10. The normalized spacial score (nSPS) is 19.6. The molecule has 0 spiro atoms. The molecule has 0 aromatic heterocycles. The number of nitrogens with one attached hydrogen (secondary N) is 2. The first kappa shape index (κ1) is 23.2. The van der Waals surface area contributed by atoms with Gasteiger partial charge < -0.3 is 15.7 Å². The van der Waals surface area contributed by atoms with Crippen LogP contribution in [0.25, 0.3) is 0 Å². The summed E-state index contributed by atoms with van der Waals surface area (Å²) in [5.41, 5.74) is 2.46. The van der Waals surface area contributed by atoms with Crippen molar-refractivity contribution in [1.29, 1.82) is 0 Å². The summed E-state index contributed by atoms with van der Waals surface area (Å²) in [6, 6.07) is 8.34. The van der Waals surface area contributed by atoms with Crippen LogP contribution in [0.3, 0.4) is 0 Å². The predicted molar refractivity (Wildman–Crippen MR) is 109 cm³/mol. The first-order valence-electron chi connectivity index (χ1n) is 9.09. The summed E-state index contributed by atoms with van der Waals surface area (Å²) in [6.45, 7) is 7.28. The van der Waals surface area contributed by atoms with Crippen LogP contribution in [-0.4, -0.2) is 48.2 Å². The van der Waals surface area contributed by atoms with Gasteiger partial charge in [0, 0.05) is 32.1 Å². The van der Waals surface area contributed by atoms with Crippen LogP contribution in [0.5, 0.6) is 0 Å². The highest BCUT2D eigenvalue weighted by molar-refractivity contribution is 5.85. The van der Waals surface area contributed by atoms with Crippen LogP contribution in [0.4, 0.5) is 0 Å². The van der Waals surface area contributed by atoms with Gasteiger partial charge in [-0.05, 0) is 43.0 Å². The minimum absolute atomic E-state index is 0. The number of rotatable bonds is 6. The smallest absolute Gasteiger partial charge is 0.223 e. The molecule has 2 aliphatic rings. The summed E-state index contributed by atoms with van der Waals surface area (Å²) in [6.07, 6.45) is 1.57. The molecule has 2 saturated heterocycles. The minimum Gasteiger partial charge on any atom is -0.393 e. The molecule has 0 saturated carbocycles. The molecule has 148 valence electrons. The van der Waals surface area contributed by atoms with Crippen molar-refractivity contribution in [2.24, 2.45) is 11.8 Å². The number of piperidine rings is 1. The molecule has 7 heteroatoms. The standard InChI is InChI=1S/C19H29N3O2.2ClH/c1-14(17-10-20-11-17)19(24)21-12-15-4-2-3-5-16(15)13-22-8-6-18(23)7-9-22;;/h2-5,14,17-18,20,23H,6-13H2,1H3,(H,21,24);2*1H. The van der Waals surface area contributed by atoms with E-state index >= 15 is 0 Å². The van der Waals surface area contributed by atoms with Crippen LogP contribution in [0.1, 0.15) is 30.9 Å². The van der Waals surface area contributed by atoms with Crippen molar-refractivity contribution in [2.45, 2.75) is 39.0 Å². The lowest BCUT2D eigenvalue weighted by Crippen LogP contribution is -2.49. The number of carbonyl (C=O) groups excluding carboxylic acids is 1. The molecule has 2 fully saturated rings. The van der Waals surface area contributed by atoms with Crippen molar-refractivity contribution in [3.63, 3.8) is 0 Å². The molecule has 0 radical (unpaired) electrons. The molecule has 1 unspecified atom stereocenters. The Bertz CT molecular complexity index is 561. The Balaban J connectivity index is 0.00000169. The molecule has 3 rings (SSSR count). The summed E-state index contributed by atoms with van der Waals surface area (Å²) >= 11 is 0. The first-order chi connectivity index (χ1) is 11.6. The zero-order valence-corrected chi connectivity index (χ0v) is 17.0. The van der Waals surface area contributed by atoms with E-state index in [0.717, 1.165) is 45.6 Å². The molecule has 3 N–H and O–H groups in total. The number of benzene rings is 1. The van der Waals surface area contributed by atoms with Gasteiger partial charge in [0.1, 0.15) is 0 Å². The summed E-state index contributed by atoms with van der Waals surface area (Å²) in [5, 5.41) is 16.0. The highest BCUT2D eigenvalue weighted by Crippen LogP contribution is 2.18. The summed E-state index contributed by atoms with van der Waals surface area (Å²) in [4.78, 5) is 14.7. The van der Waals surface area contributed by atoms with Gasteiger partial charge in [0.2, 0.25) is 5.91 Å². The zero-order valence-electron chi connectivity index (χ0n) is 15.3. The van der Waals surface area contributed by atoms with Crippen molar-refractivity contribution < 1.29 is 9.90 Å². The quantitative estimate of drug-likeness (QED) is 0.678. The van der Waals surface area contributed by atoms with E-state index in [1.165, 1.54) is 11.1 Å². The van der Waals surface area contributed by atoms with Gasteiger partial charge >= 0.3 is 0 Å². The van der Waals surface area contributed by atoms with Gasteiger partial charge in [0.05, 0.1) is 6.10 Å². The molecule has 0 aliphatic carbocycles. The molecule has 0 bridgehead atoms. The van der Waals surface area contributed by atoms with Crippen molar-refractivity contribution in [3.8, 4) is 0 Å². The van der Waals surface area contributed by atoms with Crippen molar-refractivity contribution in [3.05, 3.63) is 35.4 Å². The van der Waals surface area contributed by atoms with Gasteiger partial charge in [0.25, 0.3) is 0 Å².